The van der Waals surface area contributed by atoms with Gasteiger partial charge in [0.1, 0.15) is 5.82 Å². The van der Waals surface area contributed by atoms with Crippen molar-refractivity contribution in [1.82, 2.24) is 9.97 Å². The first kappa shape index (κ1) is 13.5. The Balaban J connectivity index is 2.35. The van der Waals surface area contributed by atoms with Crippen LogP contribution in [0.2, 0.25) is 0 Å². The van der Waals surface area contributed by atoms with Gasteiger partial charge < -0.3 is 21.5 Å². The van der Waals surface area contributed by atoms with Gasteiger partial charge in [-0.05, 0) is 45.9 Å². The number of nitrogens with zero attached hydrogens (tertiary/aromatic N) is 2. The van der Waals surface area contributed by atoms with Crippen LogP contribution in [0.4, 0.5) is 11.8 Å². The second-order valence-corrected chi connectivity index (χ2v) is 6.83. The molecule has 1 aromatic heterocycles. The minimum Gasteiger partial charge on any atom is -0.393 e. The van der Waals surface area contributed by atoms with Crippen molar-refractivity contribution >= 4 is 17.7 Å². The molecule has 1 aromatic rings. The molecule has 0 saturated heterocycles. The lowest BCUT2D eigenvalue weighted by atomic mass is 9.85. The number of aliphatic hydroxyl groups is 1. The van der Waals surface area contributed by atoms with E-state index in [4.69, 9.17) is 9.85 Å². The van der Waals surface area contributed by atoms with Gasteiger partial charge >= 0.3 is 0 Å². The number of primary amides is 1. The molecule has 0 spiro atoms. The second kappa shape index (κ2) is 6.70. The maximum atomic E-state index is 11.7. The van der Waals surface area contributed by atoms with Crippen LogP contribution in [0, 0.1) is 5.89 Å². The first-order valence-corrected chi connectivity index (χ1v) is 7.60. The number of hydrogen-bond donors (Lipinski definition) is 4. The Morgan fingerprint density at radius 1 is 1.48 bits per heavy atom. The Hall–Kier alpha value is -1.89. The van der Waals surface area contributed by atoms with Gasteiger partial charge in [0.25, 0.3) is 5.91 Å². The molecule has 0 bridgehead atoms. The molecule has 128 valence electrons. The summed E-state index contributed by atoms with van der Waals surface area (Å²) in [6.07, 6.45) is -0.790. The van der Waals surface area contributed by atoms with Crippen molar-refractivity contribution in [3.05, 3.63) is 11.8 Å². The molecule has 3 unspecified atom stereocenters. The summed E-state index contributed by atoms with van der Waals surface area (Å²) in [5.41, 5.74) is 5.08. The summed E-state index contributed by atoms with van der Waals surface area (Å²) in [6, 6.07) is -1.46. The predicted octanol–water partition coefficient (Wildman–Crippen LogP) is 1.75. The number of hydrogen-bond acceptors (Lipinski definition) is 6. The van der Waals surface area contributed by atoms with Crippen LogP contribution in [0.1, 0.15) is 61.4 Å². The molecule has 7 heteroatoms. The van der Waals surface area contributed by atoms with Gasteiger partial charge in [-0.15, -0.1) is 0 Å². The fourth-order valence-corrected chi connectivity index (χ4v) is 2.25. The van der Waals surface area contributed by atoms with E-state index in [1.807, 2.05) is 20.8 Å². The summed E-state index contributed by atoms with van der Waals surface area (Å²) < 4.78 is 24.7. The van der Waals surface area contributed by atoms with E-state index >= 15 is 0 Å². The van der Waals surface area contributed by atoms with Crippen LogP contribution in [-0.2, 0) is 0 Å². The normalized spacial score (nSPS) is 36.5. The van der Waals surface area contributed by atoms with Crippen molar-refractivity contribution in [2.45, 2.75) is 64.6 Å². The number of carbonyl (C=O) groups is 1. The van der Waals surface area contributed by atoms with Crippen LogP contribution in [0.15, 0.2) is 6.20 Å². The third kappa shape index (κ3) is 4.79. The highest BCUT2D eigenvalue weighted by atomic mass is 16.3. The molecule has 1 amide bonds. The van der Waals surface area contributed by atoms with E-state index in [9.17, 15) is 9.90 Å². The van der Waals surface area contributed by atoms with Crippen LogP contribution < -0.4 is 16.4 Å². The van der Waals surface area contributed by atoms with Crippen LogP contribution in [0.25, 0.3) is 0 Å². The van der Waals surface area contributed by atoms with E-state index in [0.717, 1.165) is 0 Å². The van der Waals surface area contributed by atoms with Crippen molar-refractivity contribution < 1.29 is 14.0 Å². The molecule has 5 N–H and O–H groups in total. The van der Waals surface area contributed by atoms with E-state index < -0.39 is 23.9 Å². The lowest BCUT2D eigenvalue weighted by Gasteiger charge is -2.32. The quantitative estimate of drug-likeness (QED) is 0.671. The zero-order chi connectivity index (χ0) is 20.0. The Morgan fingerprint density at radius 2 is 2.17 bits per heavy atom. The lowest BCUT2D eigenvalue weighted by Crippen LogP contribution is -2.36. The zero-order valence-corrected chi connectivity index (χ0v) is 14.0. The fraction of sp³-hybridized carbons (Fsp3) is 0.688. The smallest absolute Gasteiger partial charge is 0.254 e. The van der Waals surface area contributed by atoms with E-state index in [1.54, 1.807) is 0 Å². The molecule has 1 fully saturated rings. The largest absolute Gasteiger partial charge is 0.393 e. The highest BCUT2D eigenvalue weighted by Crippen LogP contribution is 2.27. The number of anilines is 2. The van der Waals surface area contributed by atoms with Crippen molar-refractivity contribution in [2.75, 3.05) is 10.6 Å². The molecule has 0 aliphatic heterocycles. The van der Waals surface area contributed by atoms with Crippen LogP contribution in [-0.4, -0.2) is 38.6 Å². The number of nitrogens with two attached hydrogens (primary N) is 1. The molecule has 1 heterocycles. The van der Waals surface area contributed by atoms with Gasteiger partial charge in [0, 0.05) is 19.1 Å². The van der Waals surface area contributed by atoms with Gasteiger partial charge in [0.2, 0.25) is 5.95 Å². The third-order valence-electron chi connectivity index (χ3n) is 3.51. The number of aromatic nitrogens is 2. The van der Waals surface area contributed by atoms with Crippen molar-refractivity contribution in [3.63, 3.8) is 0 Å². The van der Waals surface area contributed by atoms with E-state index in [1.165, 1.54) is 13.1 Å². The number of nitrogens with one attached hydrogen (secondary N) is 2. The van der Waals surface area contributed by atoms with Gasteiger partial charge in [-0.25, -0.2) is 4.98 Å². The van der Waals surface area contributed by atoms with E-state index in [-0.39, 0.29) is 42.1 Å². The molecule has 23 heavy (non-hydrogen) atoms. The molecular weight excluding hydrogens is 294 g/mol. The summed E-state index contributed by atoms with van der Waals surface area (Å²) in [5, 5.41) is 16.2. The summed E-state index contributed by atoms with van der Waals surface area (Å²) in [5.74, 6) is -1.80. The van der Waals surface area contributed by atoms with Crippen LogP contribution in [0.5, 0.6) is 0 Å². The molecule has 0 radical (unpaired) electrons. The monoisotopic (exact) mass is 324 g/mol. The Labute approximate surface area is 141 Å². The maximum Gasteiger partial charge on any atom is 0.254 e. The molecule has 7 nitrogen and oxygen atoms in total. The summed E-state index contributed by atoms with van der Waals surface area (Å²) >= 11 is 0. The van der Waals surface area contributed by atoms with Gasteiger partial charge in [0.15, 0.2) is 0 Å². The summed E-state index contributed by atoms with van der Waals surface area (Å²) in [7, 11) is 0. The molecular formula is C16H27N5O2. The van der Waals surface area contributed by atoms with Crippen LogP contribution >= 0.6 is 0 Å². The SMILES string of the molecule is [2H]C1(Nc2nc(NC(C)(C)C)ncc2C(N)=O)CCC([2H])(C)C([2H])(O)C1. The van der Waals surface area contributed by atoms with E-state index in [0.29, 0.717) is 0 Å². The molecule has 1 aliphatic rings. The summed E-state index contributed by atoms with van der Waals surface area (Å²) in [4.78, 5) is 20.0. The maximum absolute atomic E-state index is 11.7. The fourth-order valence-electron chi connectivity index (χ4n) is 2.25. The van der Waals surface area contributed by atoms with Crippen molar-refractivity contribution in [2.24, 2.45) is 11.6 Å². The molecule has 1 saturated carbocycles. The highest BCUT2D eigenvalue weighted by molar-refractivity contribution is 5.97. The Bertz CT molecular complexity index is 706. The minimum absolute atomic E-state index is 0.0174. The van der Waals surface area contributed by atoms with Crippen molar-refractivity contribution in [1.29, 1.82) is 0 Å². The molecule has 0 aromatic carbocycles. The first-order chi connectivity index (χ1) is 11.6. The van der Waals surface area contributed by atoms with E-state index in [2.05, 4.69) is 20.6 Å². The van der Waals surface area contributed by atoms with Gasteiger partial charge in [0.05, 0.1) is 14.4 Å². The first-order valence-electron chi connectivity index (χ1n) is 9.10. The van der Waals surface area contributed by atoms with Crippen molar-refractivity contribution in [3.8, 4) is 0 Å². The Kier molecular flexibility index (Phi) is 3.94. The number of amides is 1. The van der Waals surface area contributed by atoms with Crippen LogP contribution in [0.3, 0.4) is 0 Å². The topological polar surface area (TPSA) is 113 Å². The average Bonchev–Trinajstić information content (AvgIpc) is 2.41. The second-order valence-electron chi connectivity index (χ2n) is 6.83. The van der Waals surface area contributed by atoms with Gasteiger partial charge in [-0.3, -0.25) is 4.79 Å². The number of carbonyl (C=O) groups excluding carboxylic acids is 1. The number of rotatable bonds is 4. The zero-order valence-electron chi connectivity index (χ0n) is 17.0. The highest BCUT2D eigenvalue weighted by Gasteiger charge is 2.27. The standard InChI is InChI=1S/C16H27N5O2/c1-9-5-6-10(7-12(9)22)19-14-11(13(17)23)8-18-15(20-14)21-16(2,3)4/h8-10,12,22H,5-7H2,1-4H3,(H2,17,23)(H2,18,19,20,21)/i9D,10D,12D. The molecule has 3 atom stereocenters. The Morgan fingerprint density at radius 3 is 2.74 bits per heavy atom. The van der Waals surface area contributed by atoms with Gasteiger partial charge in [-0.2, -0.15) is 4.98 Å². The average molecular weight is 324 g/mol. The predicted molar refractivity (Wildman–Crippen MR) is 90.4 cm³/mol. The van der Waals surface area contributed by atoms with Gasteiger partial charge in [-0.1, -0.05) is 6.92 Å². The minimum atomic E-state index is -2.10. The third-order valence-corrected chi connectivity index (χ3v) is 3.51. The summed E-state index contributed by atoms with van der Waals surface area (Å²) in [6.45, 7) is 7.25. The molecule has 1 aliphatic carbocycles. The molecule has 2 rings (SSSR count). The lowest BCUT2D eigenvalue weighted by molar-refractivity contribution is 0.0739.